The molecule has 0 unspecified atom stereocenters. The van der Waals surface area contributed by atoms with Gasteiger partial charge in [0.2, 0.25) is 0 Å². The first-order chi connectivity index (χ1) is 11.8. The van der Waals surface area contributed by atoms with Crippen molar-refractivity contribution in [2.75, 3.05) is 4.90 Å². The maximum Gasteiger partial charge on any atom is 0.162 e. The molecule has 2 nitrogen and oxygen atoms in total. The Morgan fingerprint density at radius 1 is 0.667 bits per heavy atom. The minimum atomic E-state index is -0.223. The van der Waals surface area contributed by atoms with Crippen molar-refractivity contribution in [1.29, 1.82) is 0 Å². The van der Waals surface area contributed by atoms with Crippen LogP contribution in [0.2, 0.25) is 0 Å². The van der Waals surface area contributed by atoms with Gasteiger partial charge in [-0.2, -0.15) is 0 Å². The fourth-order valence-corrected chi connectivity index (χ4v) is 3.60. The van der Waals surface area contributed by atoms with Crippen molar-refractivity contribution in [3.8, 4) is 0 Å². The zero-order valence-electron chi connectivity index (χ0n) is 13.4. The van der Waals surface area contributed by atoms with Gasteiger partial charge in [-0.15, -0.1) is 0 Å². The molecule has 118 valence electrons. The third-order valence-electron chi connectivity index (χ3n) is 4.67. The molecule has 0 aromatic heterocycles. The van der Waals surface area contributed by atoms with Crippen molar-refractivity contribution in [2.24, 2.45) is 0 Å². The summed E-state index contributed by atoms with van der Waals surface area (Å²) in [5, 5.41) is 0. The molecule has 3 aromatic carbocycles. The summed E-state index contributed by atoms with van der Waals surface area (Å²) in [5.74, 6) is 0.277. The number of carbonyl (C=O) groups is 1. The standard InChI is InChI=1S/C22H19NO/c24-21-16-20(17-10-4-1-5-11-17)23(19-14-8-3-9-15-19)22(21)18-12-6-2-7-13-18/h1-15,20,22H,16H2/t20-,22+/m0/s1. The topological polar surface area (TPSA) is 20.3 Å². The van der Waals surface area contributed by atoms with Gasteiger partial charge in [-0.3, -0.25) is 4.79 Å². The van der Waals surface area contributed by atoms with Gasteiger partial charge in [0, 0.05) is 12.1 Å². The van der Waals surface area contributed by atoms with Crippen LogP contribution in [0.1, 0.15) is 29.6 Å². The summed E-state index contributed by atoms with van der Waals surface area (Å²) >= 11 is 0. The highest BCUT2D eigenvalue weighted by atomic mass is 16.1. The molecule has 1 aliphatic heterocycles. The number of ketones is 1. The van der Waals surface area contributed by atoms with Crippen molar-refractivity contribution in [3.05, 3.63) is 102 Å². The molecule has 4 rings (SSSR count). The maximum absolute atomic E-state index is 12.9. The number of hydrogen-bond acceptors (Lipinski definition) is 2. The normalized spacial score (nSPS) is 20.3. The van der Waals surface area contributed by atoms with E-state index in [1.165, 1.54) is 5.56 Å². The predicted octanol–water partition coefficient (Wildman–Crippen LogP) is 4.95. The lowest BCUT2D eigenvalue weighted by Gasteiger charge is -2.32. The zero-order valence-corrected chi connectivity index (χ0v) is 13.4. The molecule has 0 amide bonds. The average molecular weight is 313 g/mol. The quantitative estimate of drug-likeness (QED) is 0.682. The minimum Gasteiger partial charge on any atom is -0.350 e. The van der Waals surface area contributed by atoms with Gasteiger partial charge in [-0.1, -0.05) is 78.9 Å². The highest BCUT2D eigenvalue weighted by Gasteiger charge is 2.41. The van der Waals surface area contributed by atoms with E-state index in [0.717, 1.165) is 11.3 Å². The van der Waals surface area contributed by atoms with E-state index < -0.39 is 0 Å². The number of hydrogen-bond donors (Lipinski definition) is 0. The van der Waals surface area contributed by atoms with Crippen molar-refractivity contribution < 1.29 is 4.79 Å². The van der Waals surface area contributed by atoms with Crippen LogP contribution in [0, 0.1) is 0 Å². The van der Waals surface area contributed by atoms with Gasteiger partial charge < -0.3 is 4.90 Å². The number of nitrogens with zero attached hydrogens (tertiary/aromatic N) is 1. The van der Waals surface area contributed by atoms with Gasteiger partial charge in [0.05, 0.1) is 6.04 Å². The van der Waals surface area contributed by atoms with Crippen molar-refractivity contribution in [3.63, 3.8) is 0 Å². The Labute approximate surface area is 142 Å². The smallest absolute Gasteiger partial charge is 0.162 e. The molecule has 2 atom stereocenters. The number of carbonyl (C=O) groups excluding carboxylic acids is 1. The van der Waals surface area contributed by atoms with Crippen molar-refractivity contribution in [1.82, 2.24) is 0 Å². The van der Waals surface area contributed by atoms with E-state index in [0.29, 0.717) is 6.42 Å². The molecule has 1 saturated heterocycles. The molecule has 2 heteroatoms. The first-order valence-corrected chi connectivity index (χ1v) is 8.30. The van der Waals surface area contributed by atoms with Gasteiger partial charge in [0.15, 0.2) is 5.78 Å². The SMILES string of the molecule is O=C1C[C@@H](c2ccccc2)N(c2ccccc2)[C@@H]1c1ccccc1. The Bertz CT molecular complexity index is 814. The van der Waals surface area contributed by atoms with E-state index in [2.05, 4.69) is 29.2 Å². The molecule has 3 aromatic rings. The molecule has 0 N–H and O–H groups in total. The molecular weight excluding hydrogens is 294 g/mol. The van der Waals surface area contributed by atoms with Gasteiger partial charge >= 0.3 is 0 Å². The summed E-state index contributed by atoms with van der Waals surface area (Å²) in [5.41, 5.74) is 3.34. The van der Waals surface area contributed by atoms with Crippen LogP contribution < -0.4 is 4.90 Å². The third kappa shape index (κ3) is 2.61. The fourth-order valence-electron chi connectivity index (χ4n) is 3.60. The van der Waals surface area contributed by atoms with E-state index in [4.69, 9.17) is 0 Å². The Morgan fingerprint density at radius 3 is 1.75 bits per heavy atom. The van der Waals surface area contributed by atoms with Crippen LogP contribution in [0.15, 0.2) is 91.0 Å². The summed E-state index contributed by atoms with van der Waals surface area (Å²) in [6.45, 7) is 0. The number of anilines is 1. The number of Topliss-reactive ketones (excluding diaryl/α,β-unsaturated/α-hetero) is 1. The van der Waals surface area contributed by atoms with Crippen LogP contribution in [0.3, 0.4) is 0 Å². The molecule has 1 fully saturated rings. The highest BCUT2D eigenvalue weighted by Crippen LogP contribution is 2.44. The number of benzene rings is 3. The first-order valence-electron chi connectivity index (χ1n) is 8.30. The number of rotatable bonds is 3. The lowest BCUT2D eigenvalue weighted by Crippen LogP contribution is -2.27. The van der Waals surface area contributed by atoms with Crippen LogP contribution in [-0.2, 0) is 4.79 Å². The second-order valence-corrected chi connectivity index (χ2v) is 6.15. The number of para-hydroxylation sites is 1. The third-order valence-corrected chi connectivity index (χ3v) is 4.67. The van der Waals surface area contributed by atoms with Crippen LogP contribution in [0.4, 0.5) is 5.69 Å². The van der Waals surface area contributed by atoms with Crippen LogP contribution >= 0.6 is 0 Å². The molecule has 0 spiro atoms. The molecular formula is C22H19NO. The Morgan fingerprint density at radius 2 is 1.17 bits per heavy atom. The van der Waals surface area contributed by atoms with Gasteiger partial charge in [0.25, 0.3) is 0 Å². The monoisotopic (exact) mass is 313 g/mol. The van der Waals surface area contributed by atoms with E-state index in [-0.39, 0.29) is 17.9 Å². The summed E-state index contributed by atoms with van der Waals surface area (Å²) in [6.07, 6.45) is 0.540. The zero-order chi connectivity index (χ0) is 16.4. The van der Waals surface area contributed by atoms with E-state index >= 15 is 0 Å². The first kappa shape index (κ1) is 14.7. The molecule has 0 bridgehead atoms. The second-order valence-electron chi connectivity index (χ2n) is 6.15. The van der Waals surface area contributed by atoms with Crippen LogP contribution in [0.5, 0.6) is 0 Å². The Balaban J connectivity index is 1.83. The van der Waals surface area contributed by atoms with E-state index in [9.17, 15) is 4.79 Å². The Hall–Kier alpha value is -2.87. The minimum absolute atomic E-state index is 0.0753. The molecule has 1 aliphatic rings. The van der Waals surface area contributed by atoms with Gasteiger partial charge in [0.1, 0.15) is 6.04 Å². The van der Waals surface area contributed by atoms with Crippen molar-refractivity contribution >= 4 is 11.5 Å². The molecule has 1 heterocycles. The highest BCUT2D eigenvalue weighted by molar-refractivity contribution is 5.93. The van der Waals surface area contributed by atoms with Gasteiger partial charge in [-0.25, -0.2) is 0 Å². The molecule has 0 saturated carbocycles. The second kappa shape index (κ2) is 6.32. The molecule has 0 radical (unpaired) electrons. The predicted molar refractivity (Wildman–Crippen MR) is 96.9 cm³/mol. The summed E-state index contributed by atoms with van der Waals surface area (Å²) in [4.78, 5) is 15.2. The largest absolute Gasteiger partial charge is 0.350 e. The van der Waals surface area contributed by atoms with Crippen molar-refractivity contribution in [2.45, 2.75) is 18.5 Å². The Kier molecular flexibility index (Phi) is 3.87. The lowest BCUT2D eigenvalue weighted by molar-refractivity contribution is -0.118. The average Bonchev–Trinajstić information content (AvgIpc) is 3.01. The van der Waals surface area contributed by atoms with Crippen LogP contribution in [-0.4, -0.2) is 5.78 Å². The van der Waals surface area contributed by atoms with Crippen LogP contribution in [0.25, 0.3) is 0 Å². The van der Waals surface area contributed by atoms with E-state index in [1.54, 1.807) is 0 Å². The lowest BCUT2D eigenvalue weighted by atomic mass is 10.0. The summed E-state index contributed by atoms with van der Waals surface area (Å²) < 4.78 is 0. The molecule has 0 aliphatic carbocycles. The summed E-state index contributed by atoms with van der Waals surface area (Å²) in [6, 6.07) is 30.5. The van der Waals surface area contributed by atoms with E-state index in [1.807, 2.05) is 66.7 Å². The molecule has 24 heavy (non-hydrogen) atoms. The fraction of sp³-hybridized carbons (Fsp3) is 0.136. The summed E-state index contributed by atoms with van der Waals surface area (Å²) in [7, 11) is 0. The maximum atomic E-state index is 12.9. The van der Waals surface area contributed by atoms with Gasteiger partial charge in [-0.05, 0) is 23.3 Å².